The number of benzene rings is 6. The van der Waals surface area contributed by atoms with E-state index in [1.807, 2.05) is 0 Å². The Labute approximate surface area is 436 Å². The molecule has 2 unspecified atom stereocenters. The summed E-state index contributed by atoms with van der Waals surface area (Å²) in [5, 5.41) is 7.62. The van der Waals surface area contributed by atoms with Crippen LogP contribution in [0.25, 0.3) is 0 Å². The topological polar surface area (TPSA) is 18.5 Å². The van der Waals surface area contributed by atoms with Gasteiger partial charge in [-0.05, 0) is 0 Å². The molecule has 6 aromatic carbocycles. The molecule has 10 rings (SSSR count). The maximum atomic E-state index is 7.88. The van der Waals surface area contributed by atoms with Gasteiger partial charge in [-0.2, -0.15) is 0 Å². The standard InChI is InChI=1S/C62H67O2Si3.2ClH.Zr/c1-61(2,3)66(51-25-11-7-12-26-51,52-27-13-8-14-28-52)63-57-43-47-23-19-21-33-55(47)59(57)45-35-39-49(40-36-45)65-50-41-37-46(38-42-50)60-56-34-22-20-24-48(56)44-58(60)64-67(62(4,5)6,53-29-15-9-16-30-53)54-31-17-10-18-32-54;;;/h7-18,25-32,35-44,59-60,65H,19-24,33-34H2,1-6H3;2*1H;/q;;;+2/p-2. The Hall–Kier alpha value is -4.01. The third-order valence-corrected chi connectivity index (χ3v) is 44.1. The quantitative estimate of drug-likeness (QED) is 0.107. The molecule has 70 heavy (non-hydrogen) atoms. The SMILES string of the molecule is CC(C)(C)[Si](OC1=CC2=C(CCCC2)C1c1ccc([SiH](c2ccc(C3C(O[Si](c4ccccc4)(c4ccccc4)C(C)(C)C)=CC4=C3CCCC4)cc2)[Zr]([Cl])[Cl])cc1)(c1ccccc1)c1ccccc1. The van der Waals surface area contributed by atoms with Crippen LogP contribution >= 0.6 is 17.0 Å². The molecule has 0 saturated carbocycles. The van der Waals surface area contributed by atoms with Crippen molar-refractivity contribution < 1.29 is 27.4 Å². The van der Waals surface area contributed by atoms with Gasteiger partial charge in [-0.25, -0.2) is 0 Å². The van der Waals surface area contributed by atoms with Crippen LogP contribution in [0.4, 0.5) is 0 Å². The van der Waals surface area contributed by atoms with Gasteiger partial charge in [0.1, 0.15) is 0 Å². The van der Waals surface area contributed by atoms with E-state index in [1.165, 1.54) is 90.2 Å². The molecule has 0 bridgehead atoms. The summed E-state index contributed by atoms with van der Waals surface area (Å²) >= 11 is -2.81. The van der Waals surface area contributed by atoms with E-state index in [0.717, 1.165) is 37.2 Å². The Morgan fingerprint density at radius 1 is 0.429 bits per heavy atom. The van der Waals surface area contributed by atoms with Crippen LogP contribution in [0.2, 0.25) is 10.1 Å². The van der Waals surface area contributed by atoms with Crippen molar-refractivity contribution in [2.45, 2.75) is 115 Å². The van der Waals surface area contributed by atoms with Gasteiger partial charge in [-0.3, -0.25) is 0 Å². The molecular formula is C62H67Cl2O2Si3Zr. The normalized spacial score (nSPS) is 19.0. The molecule has 0 spiro atoms. The summed E-state index contributed by atoms with van der Waals surface area (Å²) in [6, 6.07) is 63.3. The molecule has 0 radical (unpaired) electrons. The maximum absolute atomic E-state index is 7.88. The van der Waals surface area contributed by atoms with Crippen molar-refractivity contribution in [3.05, 3.63) is 227 Å². The molecule has 357 valence electrons. The molecule has 2 atom stereocenters. The third-order valence-electron chi connectivity index (χ3n) is 15.8. The van der Waals surface area contributed by atoms with E-state index in [9.17, 15) is 0 Å². The van der Waals surface area contributed by atoms with E-state index in [0.29, 0.717) is 0 Å². The van der Waals surface area contributed by atoms with E-state index in [1.54, 1.807) is 0 Å². The molecule has 0 amide bonds. The van der Waals surface area contributed by atoms with Crippen molar-refractivity contribution in [3.8, 4) is 0 Å². The van der Waals surface area contributed by atoms with E-state index >= 15 is 0 Å². The minimum absolute atomic E-state index is 0.0919. The molecule has 0 heterocycles. The zero-order valence-electron chi connectivity index (χ0n) is 41.8. The summed E-state index contributed by atoms with van der Waals surface area (Å²) in [4.78, 5) is 0. The zero-order valence-corrected chi connectivity index (χ0v) is 48.9. The molecule has 0 fully saturated rings. The van der Waals surface area contributed by atoms with Gasteiger partial charge in [0.15, 0.2) is 0 Å². The van der Waals surface area contributed by atoms with Crippen molar-refractivity contribution in [2.24, 2.45) is 0 Å². The van der Waals surface area contributed by atoms with Crippen molar-refractivity contribution in [1.82, 2.24) is 0 Å². The Balaban J connectivity index is 0.976. The molecule has 2 nitrogen and oxygen atoms in total. The average Bonchev–Trinajstić information content (AvgIpc) is 3.93. The molecule has 8 heteroatoms. The van der Waals surface area contributed by atoms with Crippen LogP contribution in [0.3, 0.4) is 0 Å². The van der Waals surface area contributed by atoms with Gasteiger partial charge >= 0.3 is 416 Å². The third kappa shape index (κ3) is 9.22. The summed E-state index contributed by atoms with van der Waals surface area (Å²) in [6.45, 7) is 14.3. The van der Waals surface area contributed by atoms with Crippen LogP contribution in [0.5, 0.6) is 0 Å². The number of rotatable bonds is 13. The van der Waals surface area contributed by atoms with E-state index in [4.69, 9.17) is 25.9 Å². The monoisotopic (exact) mass is 1090 g/mol. The average molecular weight is 1090 g/mol. The molecule has 4 aliphatic rings. The van der Waals surface area contributed by atoms with Gasteiger partial charge in [0.05, 0.1) is 0 Å². The summed E-state index contributed by atoms with van der Waals surface area (Å²) in [6.07, 6.45) is 14.2. The molecule has 4 aliphatic carbocycles. The molecule has 0 saturated heterocycles. The fourth-order valence-electron chi connectivity index (χ4n) is 12.5. The van der Waals surface area contributed by atoms with Crippen LogP contribution in [0.1, 0.15) is 116 Å². The fraction of sp³-hybridized carbons (Fsp3) is 0.290. The Kier molecular flexibility index (Phi) is 14.5. The van der Waals surface area contributed by atoms with Crippen LogP contribution in [0.15, 0.2) is 216 Å². The van der Waals surface area contributed by atoms with Gasteiger partial charge in [0.25, 0.3) is 0 Å². The second kappa shape index (κ2) is 20.5. The first kappa shape index (κ1) is 49.6. The van der Waals surface area contributed by atoms with E-state index < -0.39 is 41.1 Å². The first-order valence-corrected chi connectivity index (χ1v) is 41.8. The number of hydrogen-bond acceptors (Lipinski definition) is 2. The van der Waals surface area contributed by atoms with E-state index in [2.05, 4.69) is 224 Å². The van der Waals surface area contributed by atoms with Crippen molar-refractivity contribution in [1.29, 1.82) is 0 Å². The molecule has 0 N–H and O–H groups in total. The Bertz CT molecular complexity index is 2640. The predicted octanol–water partition coefficient (Wildman–Crippen LogP) is 13.3. The Morgan fingerprint density at radius 3 is 1.01 bits per heavy atom. The fourth-order valence-corrected chi connectivity index (χ4v) is 39.0. The zero-order chi connectivity index (χ0) is 48.7. The molecule has 0 aromatic heterocycles. The van der Waals surface area contributed by atoms with Gasteiger partial charge < -0.3 is 0 Å². The minimum atomic E-state index is -2.85. The molecule has 6 aromatic rings. The van der Waals surface area contributed by atoms with Crippen LogP contribution in [-0.2, 0) is 27.4 Å². The van der Waals surface area contributed by atoms with Crippen molar-refractivity contribution >= 4 is 70.7 Å². The van der Waals surface area contributed by atoms with Gasteiger partial charge in [-0.1, -0.05) is 24.3 Å². The summed E-state index contributed by atoms with van der Waals surface area (Å²) in [5.41, 5.74) is 8.64. The number of hydrogen-bond donors (Lipinski definition) is 0. The van der Waals surface area contributed by atoms with Crippen molar-refractivity contribution in [3.63, 3.8) is 0 Å². The second-order valence-corrected chi connectivity index (χ2v) is 52.1. The summed E-state index contributed by atoms with van der Waals surface area (Å²) in [5.74, 6) is 0.528. The predicted molar refractivity (Wildman–Crippen MR) is 301 cm³/mol. The number of allylic oxidation sites excluding steroid dienone is 6. The van der Waals surface area contributed by atoms with Gasteiger partial charge in [0.2, 0.25) is 0 Å². The van der Waals surface area contributed by atoms with Crippen molar-refractivity contribution in [2.75, 3.05) is 0 Å². The van der Waals surface area contributed by atoms with Gasteiger partial charge in [-0.15, -0.1) is 0 Å². The van der Waals surface area contributed by atoms with E-state index in [-0.39, 0.29) is 21.9 Å². The summed E-state index contributed by atoms with van der Waals surface area (Å²) < 4.78 is 15.8. The molecule has 0 aliphatic heterocycles. The van der Waals surface area contributed by atoms with Crippen LogP contribution in [0, 0.1) is 0 Å². The first-order chi connectivity index (χ1) is 33.8. The summed E-state index contributed by atoms with van der Waals surface area (Å²) in [7, 11) is 8.90. The van der Waals surface area contributed by atoms with Gasteiger partial charge in [0, 0.05) is 0 Å². The van der Waals surface area contributed by atoms with Crippen LogP contribution < -0.4 is 31.1 Å². The first-order valence-electron chi connectivity index (χ1n) is 25.6. The second-order valence-electron chi connectivity index (χ2n) is 22.1. The van der Waals surface area contributed by atoms with Crippen LogP contribution in [-0.4, -0.2) is 22.6 Å². The molecular weight excluding hydrogens is 1020 g/mol. The Morgan fingerprint density at radius 2 is 0.729 bits per heavy atom. The number of halogens is 2.